The van der Waals surface area contributed by atoms with Crippen molar-refractivity contribution in [3.8, 4) is 5.75 Å². The molecule has 184 valence electrons. The lowest BCUT2D eigenvalue weighted by Crippen LogP contribution is -2.50. The van der Waals surface area contributed by atoms with Crippen molar-refractivity contribution in [1.82, 2.24) is 10.2 Å². The van der Waals surface area contributed by atoms with Crippen LogP contribution in [0, 0.1) is 0 Å². The lowest BCUT2D eigenvalue weighted by Gasteiger charge is -2.31. The van der Waals surface area contributed by atoms with E-state index < -0.39 is 6.04 Å². The van der Waals surface area contributed by atoms with Crippen molar-refractivity contribution in [3.05, 3.63) is 63.6 Å². The summed E-state index contributed by atoms with van der Waals surface area (Å²) >= 11 is 13.6. The first-order valence-electron chi connectivity index (χ1n) is 11.6. The fraction of sp³-hybridized carbons (Fsp3) is 0.462. The highest BCUT2D eigenvalue weighted by Gasteiger charge is 2.28. The number of hydrogen-bond acceptors (Lipinski definition) is 4. The Morgan fingerprint density at radius 3 is 2.38 bits per heavy atom. The van der Waals surface area contributed by atoms with Crippen molar-refractivity contribution >= 4 is 46.8 Å². The largest absolute Gasteiger partial charge is 0.497 e. The summed E-state index contributed by atoms with van der Waals surface area (Å²) in [6.07, 6.45) is 5.51. The van der Waals surface area contributed by atoms with E-state index in [9.17, 15) is 9.59 Å². The van der Waals surface area contributed by atoms with Crippen molar-refractivity contribution in [2.24, 2.45) is 0 Å². The molecule has 2 aromatic rings. The lowest BCUT2D eigenvalue weighted by molar-refractivity contribution is -0.139. The Morgan fingerprint density at radius 2 is 1.74 bits per heavy atom. The third-order valence-corrected chi connectivity index (χ3v) is 7.84. The number of nitrogens with zero attached hydrogens (tertiary/aromatic N) is 1. The number of rotatable bonds is 10. The van der Waals surface area contributed by atoms with Crippen LogP contribution in [0.25, 0.3) is 0 Å². The molecule has 1 aliphatic carbocycles. The molecule has 0 bridgehead atoms. The fourth-order valence-electron chi connectivity index (χ4n) is 4.05. The Morgan fingerprint density at radius 1 is 1.06 bits per heavy atom. The van der Waals surface area contributed by atoms with E-state index in [-0.39, 0.29) is 23.6 Å². The number of hydrogen-bond donors (Lipinski definition) is 1. The molecule has 2 aromatic carbocycles. The molecule has 0 aliphatic heterocycles. The standard InChI is InChI=1S/C26H32Cl2N2O3S/c1-18(26(32)29-21-6-4-3-5-7-21)30(15-19-8-11-22(33-2)12-9-19)25(31)17-34-16-20-10-13-23(27)24(28)14-20/h8-14,18,21H,3-7,15-17H2,1-2H3,(H,29,32)/t18-/m0/s1. The maximum atomic E-state index is 13.3. The molecule has 34 heavy (non-hydrogen) atoms. The maximum Gasteiger partial charge on any atom is 0.242 e. The van der Waals surface area contributed by atoms with Gasteiger partial charge in [-0.05, 0) is 55.2 Å². The molecule has 3 rings (SSSR count). The smallest absolute Gasteiger partial charge is 0.242 e. The molecule has 0 aromatic heterocycles. The van der Waals surface area contributed by atoms with Gasteiger partial charge in [0.05, 0.1) is 22.9 Å². The summed E-state index contributed by atoms with van der Waals surface area (Å²) in [6.45, 7) is 2.17. The van der Waals surface area contributed by atoms with Crippen LogP contribution in [0.4, 0.5) is 0 Å². The monoisotopic (exact) mass is 522 g/mol. The number of nitrogens with one attached hydrogen (secondary N) is 1. The molecule has 0 radical (unpaired) electrons. The summed E-state index contributed by atoms with van der Waals surface area (Å²) in [5.41, 5.74) is 1.94. The van der Waals surface area contributed by atoms with E-state index in [2.05, 4.69) is 5.32 Å². The number of halogens is 2. The van der Waals surface area contributed by atoms with Crippen molar-refractivity contribution in [3.63, 3.8) is 0 Å². The van der Waals surface area contributed by atoms with Gasteiger partial charge in [-0.2, -0.15) is 0 Å². The van der Waals surface area contributed by atoms with Gasteiger partial charge in [0.25, 0.3) is 0 Å². The molecule has 2 amide bonds. The average molecular weight is 524 g/mol. The second-order valence-electron chi connectivity index (χ2n) is 8.63. The van der Waals surface area contributed by atoms with Gasteiger partial charge in [0.15, 0.2) is 0 Å². The second-order valence-corrected chi connectivity index (χ2v) is 10.4. The topological polar surface area (TPSA) is 58.6 Å². The molecule has 8 heteroatoms. The third-order valence-electron chi connectivity index (χ3n) is 6.11. The Kier molecular flexibility index (Phi) is 10.4. The molecule has 0 saturated heterocycles. The Hall–Kier alpha value is -1.89. The molecular weight excluding hydrogens is 491 g/mol. The van der Waals surface area contributed by atoms with Gasteiger partial charge in [-0.1, -0.05) is 60.7 Å². The number of thioether (sulfide) groups is 1. The number of carbonyl (C=O) groups excluding carboxylic acids is 2. The predicted molar refractivity (Wildman–Crippen MR) is 141 cm³/mol. The number of methoxy groups -OCH3 is 1. The van der Waals surface area contributed by atoms with E-state index in [0.29, 0.717) is 22.3 Å². The molecule has 0 spiro atoms. The Labute approximate surface area is 216 Å². The first-order chi connectivity index (χ1) is 16.4. The Balaban J connectivity index is 1.66. The molecule has 1 atom stereocenters. The maximum absolute atomic E-state index is 13.3. The second kappa shape index (κ2) is 13.3. The zero-order valence-electron chi connectivity index (χ0n) is 19.7. The summed E-state index contributed by atoms with van der Waals surface area (Å²) in [7, 11) is 1.62. The van der Waals surface area contributed by atoms with Crippen molar-refractivity contribution in [2.75, 3.05) is 12.9 Å². The fourth-order valence-corrected chi connectivity index (χ4v) is 5.23. The summed E-state index contributed by atoms with van der Waals surface area (Å²) in [5, 5.41) is 4.17. The van der Waals surface area contributed by atoms with Gasteiger partial charge >= 0.3 is 0 Å². The number of ether oxygens (including phenoxy) is 1. The molecular formula is C26H32Cl2N2O3S. The number of carbonyl (C=O) groups is 2. The van der Waals surface area contributed by atoms with Crippen LogP contribution in [-0.2, 0) is 21.9 Å². The Bertz CT molecular complexity index is 965. The van der Waals surface area contributed by atoms with Gasteiger partial charge in [-0.15, -0.1) is 11.8 Å². The predicted octanol–water partition coefficient (Wildman–Crippen LogP) is 6.10. The molecule has 5 nitrogen and oxygen atoms in total. The van der Waals surface area contributed by atoms with E-state index in [1.807, 2.05) is 43.3 Å². The summed E-state index contributed by atoms with van der Waals surface area (Å²) < 4.78 is 5.24. The minimum Gasteiger partial charge on any atom is -0.497 e. The number of amides is 2. The minimum atomic E-state index is -0.567. The zero-order chi connectivity index (χ0) is 24.5. The molecule has 0 heterocycles. The normalized spacial score (nSPS) is 14.9. The SMILES string of the molecule is COc1ccc(CN(C(=O)CSCc2ccc(Cl)c(Cl)c2)[C@@H](C)C(=O)NC2CCCCC2)cc1. The van der Waals surface area contributed by atoms with E-state index in [1.165, 1.54) is 18.2 Å². The summed E-state index contributed by atoms with van der Waals surface area (Å²) in [6, 6.07) is 12.7. The molecule has 1 saturated carbocycles. The lowest BCUT2D eigenvalue weighted by atomic mass is 9.95. The first kappa shape index (κ1) is 26.7. The van der Waals surface area contributed by atoms with Crippen LogP contribution < -0.4 is 10.1 Å². The third kappa shape index (κ3) is 7.82. The number of benzene rings is 2. The van der Waals surface area contributed by atoms with E-state index in [4.69, 9.17) is 27.9 Å². The van der Waals surface area contributed by atoms with Crippen LogP contribution in [0.1, 0.15) is 50.2 Å². The first-order valence-corrected chi connectivity index (χ1v) is 13.5. The molecule has 1 aliphatic rings. The van der Waals surface area contributed by atoms with E-state index >= 15 is 0 Å². The van der Waals surface area contributed by atoms with Crippen molar-refractivity contribution in [2.45, 2.75) is 63.4 Å². The van der Waals surface area contributed by atoms with Crippen LogP contribution >= 0.6 is 35.0 Å². The molecule has 1 N–H and O–H groups in total. The minimum absolute atomic E-state index is 0.0767. The summed E-state index contributed by atoms with van der Waals surface area (Å²) in [5.74, 6) is 1.47. The average Bonchev–Trinajstić information content (AvgIpc) is 2.85. The highest BCUT2D eigenvalue weighted by atomic mass is 35.5. The van der Waals surface area contributed by atoms with Gasteiger partial charge in [-0.3, -0.25) is 9.59 Å². The van der Waals surface area contributed by atoms with Crippen LogP contribution in [0.15, 0.2) is 42.5 Å². The van der Waals surface area contributed by atoms with Gasteiger partial charge < -0.3 is 15.0 Å². The van der Waals surface area contributed by atoms with E-state index in [1.54, 1.807) is 18.1 Å². The van der Waals surface area contributed by atoms with Crippen LogP contribution in [0.3, 0.4) is 0 Å². The highest BCUT2D eigenvalue weighted by molar-refractivity contribution is 7.99. The van der Waals surface area contributed by atoms with Crippen LogP contribution in [-0.4, -0.2) is 41.7 Å². The van der Waals surface area contributed by atoms with Gasteiger partial charge in [0, 0.05) is 18.3 Å². The quantitative estimate of drug-likeness (QED) is 0.409. The van der Waals surface area contributed by atoms with Crippen LogP contribution in [0.5, 0.6) is 5.75 Å². The zero-order valence-corrected chi connectivity index (χ0v) is 22.0. The summed E-state index contributed by atoms with van der Waals surface area (Å²) in [4.78, 5) is 28.0. The molecule has 1 fully saturated rings. The van der Waals surface area contributed by atoms with Gasteiger partial charge in [0.2, 0.25) is 11.8 Å². The van der Waals surface area contributed by atoms with Gasteiger partial charge in [0.1, 0.15) is 11.8 Å². The van der Waals surface area contributed by atoms with Crippen LogP contribution in [0.2, 0.25) is 10.0 Å². The van der Waals surface area contributed by atoms with Crippen molar-refractivity contribution < 1.29 is 14.3 Å². The molecule has 0 unspecified atom stereocenters. The van der Waals surface area contributed by atoms with Crippen molar-refractivity contribution in [1.29, 1.82) is 0 Å². The highest BCUT2D eigenvalue weighted by Crippen LogP contribution is 2.25. The van der Waals surface area contributed by atoms with E-state index in [0.717, 1.165) is 42.6 Å². The van der Waals surface area contributed by atoms with Gasteiger partial charge in [-0.25, -0.2) is 0 Å².